The highest BCUT2D eigenvalue weighted by Crippen LogP contribution is 2.30. The van der Waals surface area contributed by atoms with Gasteiger partial charge >= 0.3 is 0 Å². The molecule has 104 valence electrons. The van der Waals surface area contributed by atoms with E-state index in [1.807, 2.05) is 6.07 Å². The largest absolute Gasteiger partial charge is 0.392 e. The van der Waals surface area contributed by atoms with Crippen molar-refractivity contribution in [3.8, 4) is 0 Å². The Morgan fingerprint density at radius 1 is 1.11 bits per heavy atom. The number of benzene rings is 1. The van der Waals surface area contributed by atoms with E-state index in [2.05, 4.69) is 9.80 Å². The van der Waals surface area contributed by atoms with Crippen LogP contribution in [0.3, 0.4) is 0 Å². The highest BCUT2D eigenvalue weighted by atomic mass is 19.1. The van der Waals surface area contributed by atoms with Crippen LogP contribution in [-0.4, -0.2) is 42.7 Å². The second kappa shape index (κ2) is 5.47. The number of nitrogens with zero attached hydrogens (tertiary/aromatic N) is 2. The van der Waals surface area contributed by atoms with Gasteiger partial charge in [0, 0.05) is 38.4 Å². The molecule has 1 heterocycles. The molecule has 1 saturated carbocycles. The van der Waals surface area contributed by atoms with Gasteiger partial charge in [0.05, 0.1) is 6.61 Å². The minimum atomic E-state index is -0.262. The van der Waals surface area contributed by atoms with Crippen molar-refractivity contribution in [2.75, 3.05) is 37.6 Å². The zero-order chi connectivity index (χ0) is 13.2. The molecule has 2 aliphatic rings. The third-order valence-electron chi connectivity index (χ3n) is 4.08. The highest BCUT2D eigenvalue weighted by Gasteiger charge is 2.26. The number of anilines is 1. The Morgan fingerprint density at radius 3 is 2.47 bits per heavy atom. The number of aliphatic hydroxyl groups excluding tert-OH is 1. The third-order valence-corrected chi connectivity index (χ3v) is 4.08. The third kappa shape index (κ3) is 3.25. The lowest BCUT2D eigenvalue weighted by molar-refractivity contribution is 0.248. The number of rotatable bonds is 4. The Labute approximate surface area is 113 Å². The van der Waals surface area contributed by atoms with Gasteiger partial charge in [-0.2, -0.15) is 0 Å². The molecule has 0 radical (unpaired) electrons. The number of hydrogen-bond donors (Lipinski definition) is 1. The molecule has 4 heteroatoms. The molecular weight excluding hydrogens is 243 g/mol. The molecule has 0 atom stereocenters. The maximum Gasteiger partial charge on any atom is 0.125 e. The van der Waals surface area contributed by atoms with Crippen molar-refractivity contribution >= 4 is 5.69 Å². The monoisotopic (exact) mass is 264 g/mol. The molecule has 3 rings (SSSR count). The number of hydrogen-bond acceptors (Lipinski definition) is 3. The molecule has 3 nitrogen and oxygen atoms in total. The van der Waals surface area contributed by atoms with Crippen LogP contribution in [0.15, 0.2) is 18.2 Å². The molecule has 1 saturated heterocycles. The minimum absolute atomic E-state index is 0.105. The molecule has 1 aliphatic heterocycles. The van der Waals surface area contributed by atoms with Crippen LogP contribution in [0.2, 0.25) is 0 Å². The predicted octanol–water partition coefficient (Wildman–Crippen LogP) is 1.85. The summed E-state index contributed by atoms with van der Waals surface area (Å²) in [6.07, 6.45) is 2.79. The summed E-state index contributed by atoms with van der Waals surface area (Å²) in [5.74, 6) is 0.670. The summed E-state index contributed by atoms with van der Waals surface area (Å²) in [5.41, 5.74) is 1.55. The fraction of sp³-hybridized carbons (Fsp3) is 0.600. The smallest absolute Gasteiger partial charge is 0.125 e. The summed E-state index contributed by atoms with van der Waals surface area (Å²) in [6.45, 7) is 5.14. The Kier molecular flexibility index (Phi) is 3.71. The molecule has 0 spiro atoms. The normalized spacial score (nSPS) is 20.8. The van der Waals surface area contributed by atoms with Crippen molar-refractivity contribution in [2.24, 2.45) is 5.92 Å². The lowest BCUT2D eigenvalue weighted by Crippen LogP contribution is -2.47. The average molecular weight is 264 g/mol. The number of piperazine rings is 1. The summed E-state index contributed by atoms with van der Waals surface area (Å²) >= 11 is 0. The lowest BCUT2D eigenvalue weighted by atomic mass is 10.1. The van der Waals surface area contributed by atoms with Crippen LogP contribution in [-0.2, 0) is 6.61 Å². The Hall–Kier alpha value is -1.13. The van der Waals surface area contributed by atoms with Crippen molar-refractivity contribution in [3.63, 3.8) is 0 Å². The molecule has 1 aliphatic carbocycles. The molecular formula is C15H21FN2O. The van der Waals surface area contributed by atoms with Gasteiger partial charge in [-0.3, -0.25) is 4.90 Å². The number of halogens is 1. The fourth-order valence-corrected chi connectivity index (χ4v) is 2.76. The van der Waals surface area contributed by atoms with Crippen LogP contribution in [0.4, 0.5) is 10.1 Å². The Morgan fingerprint density at radius 2 is 1.84 bits per heavy atom. The van der Waals surface area contributed by atoms with E-state index in [1.54, 1.807) is 6.07 Å². The summed E-state index contributed by atoms with van der Waals surface area (Å²) in [7, 11) is 0. The van der Waals surface area contributed by atoms with Crippen LogP contribution in [0.1, 0.15) is 18.4 Å². The second-order valence-electron chi connectivity index (χ2n) is 5.71. The first-order chi connectivity index (χ1) is 9.24. The zero-order valence-corrected chi connectivity index (χ0v) is 11.2. The van der Waals surface area contributed by atoms with E-state index >= 15 is 0 Å². The van der Waals surface area contributed by atoms with Crippen LogP contribution in [0.5, 0.6) is 0 Å². The average Bonchev–Trinajstić information content (AvgIpc) is 3.23. The number of aliphatic hydroxyl groups is 1. The SMILES string of the molecule is OCc1cc(F)cc(N2CCN(CC3CC3)CC2)c1. The van der Waals surface area contributed by atoms with Crippen LogP contribution in [0.25, 0.3) is 0 Å². The van der Waals surface area contributed by atoms with Gasteiger partial charge in [-0.25, -0.2) is 4.39 Å². The molecule has 1 N–H and O–H groups in total. The maximum atomic E-state index is 13.5. The van der Waals surface area contributed by atoms with E-state index in [1.165, 1.54) is 25.5 Å². The van der Waals surface area contributed by atoms with Crippen molar-refractivity contribution in [2.45, 2.75) is 19.4 Å². The van der Waals surface area contributed by atoms with Crippen molar-refractivity contribution in [1.29, 1.82) is 0 Å². The molecule has 1 aromatic rings. The summed E-state index contributed by atoms with van der Waals surface area (Å²) in [5, 5.41) is 9.14. The lowest BCUT2D eigenvalue weighted by Gasteiger charge is -2.36. The first-order valence-corrected chi connectivity index (χ1v) is 7.12. The highest BCUT2D eigenvalue weighted by molar-refractivity contribution is 5.49. The molecule has 0 aromatic heterocycles. The van der Waals surface area contributed by atoms with Gasteiger partial charge in [0.25, 0.3) is 0 Å². The minimum Gasteiger partial charge on any atom is -0.392 e. The van der Waals surface area contributed by atoms with E-state index in [9.17, 15) is 4.39 Å². The Balaban J connectivity index is 1.62. The maximum absolute atomic E-state index is 13.5. The molecule has 0 unspecified atom stereocenters. The van der Waals surface area contributed by atoms with Crippen molar-refractivity contribution < 1.29 is 9.50 Å². The van der Waals surface area contributed by atoms with E-state index in [4.69, 9.17) is 5.11 Å². The molecule has 19 heavy (non-hydrogen) atoms. The summed E-state index contributed by atoms with van der Waals surface area (Å²) in [4.78, 5) is 4.73. The van der Waals surface area contributed by atoms with E-state index in [0.29, 0.717) is 5.56 Å². The molecule has 1 aromatic carbocycles. The quantitative estimate of drug-likeness (QED) is 0.899. The second-order valence-corrected chi connectivity index (χ2v) is 5.71. The van der Waals surface area contributed by atoms with Gasteiger partial charge in [-0.05, 0) is 42.5 Å². The van der Waals surface area contributed by atoms with E-state index < -0.39 is 0 Å². The summed E-state index contributed by atoms with van der Waals surface area (Å²) in [6, 6.07) is 4.85. The molecule has 2 fully saturated rings. The van der Waals surface area contributed by atoms with E-state index in [-0.39, 0.29) is 12.4 Å². The van der Waals surface area contributed by atoms with Crippen molar-refractivity contribution in [1.82, 2.24) is 4.90 Å². The first kappa shape index (κ1) is 12.9. The molecule has 0 amide bonds. The fourth-order valence-electron chi connectivity index (χ4n) is 2.76. The van der Waals surface area contributed by atoms with Crippen LogP contribution in [0, 0.1) is 11.7 Å². The Bertz CT molecular complexity index is 440. The van der Waals surface area contributed by atoms with Crippen molar-refractivity contribution in [3.05, 3.63) is 29.6 Å². The first-order valence-electron chi connectivity index (χ1n) is 7.12. The van der Waals surface area contributed by atoms with Gasteiger partial charge in [0.1, 0.15) is 5.82 Å². The van der Waals surface area contributed by atoms with Gasteiger partial charge in [-0.15, -0.1) is 0 Å². The van der Waals surface area contributed by atoms with Gasteiger partial charge in [0.2, 0.25) is 0 Å². The van der Waals surface area contributed by atoms with Gasteiger partial charge in [-0.1, -0.05) is 0 Å². The standard InChI is InChI=1S/C15H21FN2O/c16-14-7-13(11-19)8-15(9-14)18-5-3-17(4-6-18)10-12-1-2-12/h7-9,12,19H,1-6,10-11H2. The summed E-state index contributed by atoms with van der Waals surface area (Å²) < 4.78 is 13.5. The predicted molar refractivity (Wildman–Crippen MR) is 73.7 cm³/mol. The zero-order valence-electron chi connectivity index (χ0n) is 11.2. The topological polar surface area (TPSA) is 26.7 Å². The van der Waals surface area contributed by atoms with Gasteiger partial charge < -0.3 is 10.0 Å². The molecule has 0 bridgehead atoms. The van der Waals surface area contributed by atoms with Crippen LogP contribution >= 0.6 is 0 Å². The van der Waals surface area contributed by atoms with Gasteiger partial charge in [0.15, 0.2) is 0 Å². The van der Waals surface area contributed by atoms with Crippen LogP contribution < -0.4 is 4.90 Å². The van der Waals surface area contributed by atoms with E-state index in [0.717, 1.165) is 37.8 Å².